The minimum atomic E-state index is 0. The standard InChI is InChI=1S/C23H30N2O2.2ClH/c1-2-26-23-14-19(15-24-21-16-25-12-10-20(21)11-13-25)8-9-22(23)27-17-18-6-4-3-5-7-18;;/h3-9,14,20-21,24H,2,10-13,15-17H2,1H3;2*1H. The Labute approximate surface area is 186 Å². The third-order valence-corrected chi connectivity index (χ3v) is 5.77. The highest BCUT2D eigenvalue weighted by atomic mass is 35.5. The predicted molar refractivity (Wildman–Crippen MR) is 123 cm³/mol. The maximum absolute atomic E-state index is 6.01. The Balaban J connectivity index is 0.00000150. The fourth-order valence-electron chi connectivity index (χ4n) is 4.23. The van der Waals surface area contributed by atoms with Crippen LogP contribution in [0.25, 0.3) is 0 Å². The lowest BCUT2D eigenvalue weighted by molar-refractivity contribution is 0.0720. The molecular weight excluding hydrogens is 407 g/mol. The van der Waals surface area contributed by atoms with Gasteiger partial charge in [0.15, 0.2) is 11.5 Å². The third-order valence-electron chi connectivity index (χ3n) is 5.77. The van der Waals surface area contributed by atoms with Gasteiger partial charge < -0.3 is 19.7 Å². The number of hydrogen-bond donors (Lipinski definition) is 1. The monoisotopic (exact) mass is 438 g/mol. The van der Waals surface area contributed by atoms with Gasteiger partial charge in [0.1, 0.15) is 6.61 Å². The second kappa shape index (κ2) is 11.7. The molecule has 0 aromatic heterocycles. The summed E-state index contributed by atoms with van der Waals surface area (Å²) in [5.41, 5.74) is 2.41. The van der Waals surface area contributed by atoms with E-state index in [0.717, 1.165) is 29.5 Å². The van der Waals surface area contributed by atoms with Crippen molar-refractivity contribution in [1.29, 1.82) is 0 Å². The van der Waals surface area contributed by atoms with Crippen LogP contribution < -0.4 is 14.8 Å². The molecule has 6 heteroatoms. The number of nitrogens with zero attached hydrogens (tertiary/aromatic N) is 1. The molecule has 2 aromatic carbocycles. The van der Waals surface area contributed by atoms with Crippen molar-refractivity contribution in [2.45, 2.75) is 39.0 Å². The van der Waals surface area contributed by atoms with Gasteiger partial charge in [0.25, 0.3) is 0 Å². The molecule has 29 heavy (non-hydrogen) atoms. The van der Waals surface area contributed by atoms with Crippen molar-refractivity contribution in [2.24, 2.45) is 5.92 Å². The lowest BCUT2D eigenvalue weighted by Crippen LogP contribution is -2.55. The summed E-state index contributed by atoms with van der Waals surface area (Å²) in [7, 11) is 0. The van der Waals surface area contributed by atoms with Gasteiger partial charge in [-0.15, -0.1) is 24.8 Å². The van der Waals surface area contributed by atoms with Crippen LogP contribution in [0.15, 0.2) is 48.5 Å². The van der Waals surface area contributed by atoms with E-state index in [2.05, 4.69) is 34.5 Å². The van der Waals surface area contributed by atoms with Crippen LogP contribution in [0, 0.1) is 5.92 Å². The minimum absolute atomic E-state index is 0. The molecule has 0 aliphatic carbocycles. The number of benzene rings is 2. The predicted octanol–water partition coefficient (Wildman–Crippen LogP) is 4.69. The average Bonchev–Trinajstić information content (AvgIpc) is 2.73. The van der Waals surface area contributed by atoms with Crippen LogP contribution in [-0.4, -0.2) is 37.2 Å². The maximum atomic E-state index is 6.01. The Morgan fingerprint density at radius 3 is 2.34 bits per heavy atom. The summed E-state index contributed by atoms with van der Waals surface area (Å²) >= 11 is 0. The number of nitrogens with one attached hydrogen (secondary N) is 1. The lowest BCUT2D eigenvalue weighted by atomic mass is 9.84. The van der Waals surface area contributed by atoms with Crippen molar-refractivity contribution in [3.63, 3.8) is 0 Å². The molecule has 0 amide bonds. The number of ether oxygens (including phenoxy) is 2. The Bertz CT molecular complexity index is 737. The van der Waals surface area contributed by atoms with E-state index in [9.17, 15) is 0 Å². The SMILES string of the molecule is CCOc1cc(CNC2CN3CCC2CC3)ccc1OCc1ccccc1.Cl.Cl. The molecule has 3 saturated heterocycles. The molecule has 3 fully saturated rings. The molecule has 160 valence electrons. The topological polar surface area (TPSA) is 33.7 Å². The van der Waals surface area contributed by atoms with Gasteiger partial charge in [0.05, 0.1) is 6.61 Å². The van der Waals surface area contributed by atoms with Crippen LogP contribution in [0.4, 0.5) is 0 Å². The number of piperidine rings is 3. The zero-order valence-corrected chi connectivity index (χ0v) is 18.6. The van der Waals surface area contributed by atoms with Crippen LogP contribution in [0.5, 0.6) is 11.5 Å². The van der Waals surface area contributed by atoms with E-state index in [1.54, 1.807) is 0 Å². The summed E-state index contributed by atoms with van der Waals surface area (Å²) in [6.45, 7) is 7.85. The van der Waals surface area contributed by atoms with Gasteiger partial charge in [0.2, 0.25) is 0 Å². The van der Waals surface area contributed by atoms with Crippen molar-refractivity contribution in [3.05, 3.63) is 59.7 Å². The molecule has 3 heterocycles. The molecule has 1 atom stereocenters. The Morgan fingerprint density at radius 2 is 1.69 bits per heavy atom. The smallest absolute Gasteiger partial charge is 0.161 e. The average molecular weight is 439 g/mol. The summed E-state index contributed by atoms with van der Waals surface area (Å²) in [4.78, 5) is 2.59. The third kappa shape index (κ3) is 6.26. The van der Waals surface area contributed by atoms with Crippen LogP contribution in [0.3, 0.4) is 0 Å². The summed E-state index contributed by atoms with van der Waals surface area (Å²) in [6, 6.07) is 17.2. The van der Waals surface area contributed by atoms with E-state index < -0.39 is 0 Å². The van der Waals surface area contributed by atoms with Gasteiger partial charge in [-0.05, 0) is 62.0 Å². The first kappa shape index (κ1) is 23.8. The van der Waals surface area contributed by atoms with Gasteiger partial charge in [-0.25, -0.2) is 0 Å². The first-order valence-corrected chi connectivity index (χ1v) is 10.2. The quantitative estimate of drug-likeness (QED) is 0.647. The second-order valence-corrected chi connectivity index (χ2v) is 7.61. The molecule has 0 saturated carbocycles. The first-order chi connectivity index (χ1) is 13.3. The highest BCUT2D eigenvalue weighted by molar-refractivity contribution is 5.85. The van der Waals surface area contributed by atoms with E-state index in [1.807, 2.05) is 31.2 Å². The van der Waals surface area contributed by atoms with Crippen LogP contribution in [-0.2, 0) is 13.2 Å². The molecule has 1 N–H and O–H groups in total. The summed E-state index contributed by atoms with van der Waals surface area (Å²) < 4.78 is 11.9. The van der Waals surface area contributed by atoms with Crippen molar-refractivity contribution in [3.8, 4) is 11.5 Å². The molecular formula is C23H32Cl2N2O2. The van der Waals surface area contributed by atoms with E-state index in [0.29, 0.717) is 19.3 Å². The summed E-state index contributed by atoms with van der Waals surface area (Å²) in [6.07, 6.45) is 2.68. The Morgan fingerprint density at radius 1 is 0.931 bits per heavy atom. The van der Waals surface area contributed by atoms with Gasteiger partial charge in [-0.3, -0.25) is 0 Å². The zero-order chi connectivity index (χ0) is 18.5. The second-order valence-electron chi connectivity index (χ2n) is 7.61. The summed E-state index contributed by atoms with van der Waals surface area (Å²) in [5.74, 6) is 2.49. The maximum Gasteiger partial charge on any atom is 0.161 e. The minimum Gasteiger partial charge on any atom is -0.490 e. The van der Waals surface area contributed by atoms with Crippen molar-refractivity contribution < 1.29 is 9.47 Å². The molecule has 2 bridgehead atoms. The number of rotatable bonds is 8. The fourth-order valence-corrected chi connectivity index (χ4v) is 4.23. The van der Waals surface area contributed by atoms with Crippen LogP contribution >= 0.6 is 24.8 Å². The van der Waals surface area contributed by atoms with Crippen molar-refractivity contribution in [1.82, 2.24) is 10.2 Å². The van der Waals surface area contributed by atoms with E-state index in [-0.39, 0.29) is 24.8 Å². The van der Waals surface area contributed by atoms with E-state index in [1.165, 1.54) is 38.0 Å². The number of fused-ring (bicyclic) bond motifs is 3. The largest absolute Gasteiger partial charge is 0.490 e. The first-order valence-electron chi connectivity index (χ1n) is 10.2. The number of hydrogen-bond acceptors (Lipinski definition) is 4. The Kier molecular flexibility index (Phi) is 9.57. The van der Waals surface area contributed by atoms with E-state index in [4.69, 9.17) is 9.47 Å². The van der Waals surface area contributed by atoms with Crippen molar-refractivity contribution >= 4 is 24.8 Å². The van der Waals surface area contributed by atoms with Gasteiger partial charge in [0, 0.05) is 19.1 Å². The van der Waals surface area contributed by atoms with Gasteiger partial charge in [-0.2, -0.15) is 0 Å². The zero-order valence-electron chi connectivity index (χ0n) is 17.0. The normalized spacial score (nSPS) is 22.3. The molecule has 5 rings (SSSR count). The molecule has 4 nitrogen and oxygen atoms in total. The summed E-state index contributed by atoms with van der Waals surface area (Å²) in [5, 5.41) is 3.78. The van der Waals surface area contributed by atoms with Crippen LogP contribution in [0.1, 0.15) is 30.9 Å². The molecule has 3 aliphatic rings. The molecule has 2 aromatic rings. The van der Waals surface area contributed by atoms with Gasteiger partial charge >= 0.3 is 0 Å². The molecule has 3 aliphatic heterocycles. The van der Waals surface area contributed by atoms with Gasteiger partial charge in [-0.1, -0.05) is 36.4 Å². The Hall–Kier alpha value is -1.46. The molecule has 0 spiro atoms. The number of halogens is 2. The highest BCUT2D eigenvalue weighted by Crippen LogP contribution is 2.30. The van der Waals surface area contributed by atoms with Crippen molar-refractivity contribution in [2.75, 3.05) is 26.2 Å². The molecule has 1 unspecified atom stereocenters. The lowest BCUT2D eigenvalue weighted by Gasteiger charge is -2.45. The van der Waals surface area contributed by atoms with E-state index >= 15 is 0 Å². The highest BCUT2D eigenvalue weighted by Gasteiger charge is 2.33. The fraction of sp³-hybridized carbons (Fsp3) is 0.478. The van der Waals surface area contributed by atoms with Crippen LogP contribution in [0.2, 0.25) is 0 Å². The molecule has 0 radical (unpaired) electrons.